The van der Waals surface area contributed by atoms with Crippen molar-refractivity contribution in [1.82, 2.24) is 15.5 Å². The van der Waals surface area contributed by atoms with Crippen molar-refractivity contribution in [2.75, 3.05) is 0 Å². The van der Waals surface area contributed by atoms with Crippen LogP contribution in [0.2, 0.25) is 0 Å². The van der Waals surface area contributed by atoms with Gasteiger partial charge in [0.25, 0.3) is 0 Å². The molecule has 0 radical (unpaired) electrons. The number of aryl methyl sites for hydroxylation is 2. The van der Waals surface area contributed by atoms with Gasteiger partial charge >= 0.3 is 0 Å². The van der Waals surface area contributed by atoms with Crippen molar-refractivity contribution < 1.29 is 9.32 Å². The summed E-state index contributed by atoms with van der Waals surface area (Å²) in [6.45, 7) is 5.56. The van der Waals surface area contributed by atoms with Crippen LogP contribution in [0.4, 0.5) is 0 Å². The van der Waals surface area contributed by atoms with Crippen LogP contribution in [0, 0.1) is 13.8 Å². The molecule has 0 saturated heterocycles. The SMILES string of the molecule is Cc1noc(C)c1[C@H](C)C(=O)N[C@@H](c1ccccc1)c1ccncc1. The van der Waals surface area contributed by atoms with Gasteiger partial charge in [0.05, 0.1) is 17.7 Å². The summed E-state index contributed by atoms with van der Waals surface area (Å²) in [5, 5.41) is 7.11. The number of benzene rings is 1. The van der Waals surface area contributed by atoms with Gasteiger partial charge in [-0.15, -0.1) is 0 Å². The lowest BCUT2D eigenvalue weighted by Gasteiger charge is -2.22. The van der Waals surface area contributed by atoms with E-state index in [9.17, 15) is 4.79 Å². The molecular formula is C20H21N3O2. The third-order valence-corrected chi connectivity index (χ3v) is 4.37. The maximum Gasteiger partial charge on any atom is 0.228 e. The summed E-state index contributed by atoms with van der Waals surface area (Å²) >= 11 is 0. The molecule has 1 amide bonds. The lowest BCUT2D eigenvalue weighted by Crippen LogP contribution is -2.33. The average molecular weight is 335 g/mol. The molecule has 0 fully saturated rings. The number of nitrogens with zero attached hydrogens (tertiary/aromatic N) is 2. The zero-order valence-electron chi connectivity index (χ0n) is 14.6. The van der Waals surface area contributed by atoms with Gasteiger partial charge in [0.2, 0.25) is 5.91 Å². The second-order valence-electron chi connectivity index (χ2n) is 6.09. The molecule has 2 aromatic heterocycles. The topological polar surface area (TPSA) is 68.0 Å². The van der Waals surface area contributed by atoms with E-state index in [4.69, 9.17) is 4.52 Å². The minimum Gasteiger partial charge on any atom is -0.361 e. The van der Waals surface area contributed by atoms with E-state index in [-0.39, 0.29) is 17.9 Å². The molecule has 0 aliphatic rings. The minimum absolute atomic E-state index is 0.0694. The molecule has 0 spiro atoms. The molecule has 1 N–H and O–H groups in total. The van der Waals surface area contributed by atoms with Gasteiger partial charge in [-0.3, -0.25) is 9.78 Å². The lowest BCUT2D eigenvalue weighted by atomic mass is 9.95. The van der Waals surface area contributed by atoms with E-state index < -0.39 is 0 Å². The number of carbonyl (C=O) groups is 1. The summed E-state index contributed by atoms with van der Waals surface area (Å²) in [6.07, 6.45) is 3.46. The number of amides is 1. The van der Waals surface area contributed by atoms with Crippen LogP contribution in [0.5, 0.6) is 0 Å². The molecule has 2 atom stereocenters. The van der Waals surface area contributed by atoms with Crippen LogP contribution in [-0.4, -0.2) is 16.0 Å². The van der Waals surface area contributed by atoms with Crippen LogP contribution in [0.25, 0.3) is 0 Å². The summed E-state index contributed by atoms with van der Waals surface area (Å²) in [7, 11) is 0. The second-order valence-corrected chi connectivity index (χ2v) is 6.09. The van der Waals surface area contributed by atoms with Crippen molar-refractivity contribution in [1.29, 1.82) is 0 Å². The van der Waals surface area contributed by atoms with Crippen LogP contribution in [0.15, 0.2) is 59.4 Å². The van der Waals surface area contributed by atoms with E-state index in [1.165, 1.54) is 0 Å². The largest absolute Gasteiger partial charge is 0.361 e. The van der Waals surface area contributed by atoms with Crippen molar-refractivity contribution in [3.05, 3.63) is 83.0 Å². The van der Waals surface area contributed by atoms with Gasteiger partial charge < -0.3 is 9.84 Å². The summed E-state index contributed by atoms with van der Waals surface area (Å²) < 4.78 is 5.20. The smallest absolute Gasteiger partial charge is 0.228 e. The normalized spacial score (nSPS) is 13.2. The Hall–Kier alpha value is -2.95. The van der Waals surface area contributed by atoms with Crippen molar-refractivity contribution >= 4 is 5.91 Å². The van der Waals surface area contributed by atoms with Gasteiger partial charge in [-0.25, -0.2) is 0 Å². The number of carbonyl (C=O) groups excluding carboxylic acids is 1. The molecule has 1 aromatic carbocycles. The van der Waals surface area contributed by atoms with Crippen LogP contribution in [0.3, 0.4) is 0 Å². The summed E-state index contributed by atoms with van der Waals surface area (Å²) in [5.41, 5.74) is 3.60. The first-order valence-corrected chi connectivity index (χ1v) is 8.26. The fraction of sp³-hybridized carbons (Fsp3) is 0.250. The standard InChI is InChI=1S/C20H21N3O2/c1-13(18-14(2)23-25-15(18)3)20(24)22-19(16-7-5-4-6-8-16)17-9-11-21-12-10-17/h4-13,19H,1-3H3,(H,22,24)/t13-,19-/m0/s1. The minimum atomic E-state index is -0.348. The Bertz CT molecular complexity index is 785. The van der Waals surface area contributed by atoms with Crippen molar-refractivity contribution in [2.45, 2.75) is 32.7 Å². The highest BCUT2D eigenvalue weighted by atomic mass is 16.5. The predicted molar refractivity (Wildman–Crippen MR) is 95.1 cm³/mol. The summed E-state index contributed by atoms with van der Waals surface area (Å²) in [5.74, 6) is 0.264. The maximum atomic E-state index is 12.9. The Morgan fingerprint density at radius 3 is 2.28 bits per heavy atom. The molecule has 3 aromatic rings. The average Bonchev–Trinajstić information content (AvgIpc) is 2.98. The second kappa shape index (κ2) is 7.30. The molecule has 5 nitrogen and oxygen atoms in total. The molecule has 0 aliphatic carbocycles. The van der Waals surface area contributed by atoms with Crippen LogP contribution in [-0.2, 0) is 4.79 Å². The summed E-state index contributed by atoms with van der Waals surface area (Å²) in [6, 6.07) is 13.5. The highest BCUT2D eigenvalue weighted by molar-refractivity contribution is 5.84. The van der Waals surface area contributed by atoms with Crippen molar-refractivity contribution in [2.24, 2.45) is 0 Å². The molecule has 3 rings (SSSR count). The van der Waals surface area contributed by atoms with Crippen LogP contribution >= 0.6 is 0 Å². The first-order chi connectivity index (χ1) is 12.1. The highest BCUT2D eigenvalue weighted by Gasteiger charge is 2.26. The quantitative estimate of drug-likeness (QED) is 0.772. The number of pyridine rings is 1. The predicted octanol–water partition coefficient (Wildman–Crippen LogP) is 3.70. The van der Waals surface area contributed by atoms with Crippen LogP contribution in [0.1, 0.15) is 47.0 Å². The third-order valence-electron chi connectivity index (χ3n) is 4.37. The van der Waals surface area contributed by atoms with E-state index in [2.05, 4.69) is 15.5 Å². The Labute approximate surface area is 147 Å². The van der Waals surface area contributed by atoms with Gasteiger partial charge in [0, 0.05) is 18.0 Å². The molecular weight excluding hydrogens is 314 g/mol. The third kappa shape index (κ3) is 3.60. The lowest BCUT2D eigenvalue weighted by molar-refractivity contribution is -0.122. The zero-order valence-corrected chi connectivity index (χ0v) is 14.6. The van der Waals surface area contributed by atoms with E-state index in [0.29, 0.717) is 5.76 Å². The Balaban J connectivity index is 1.89. The van der Waals surface area contributed by atoms with Crippen LogP contribution < -0.4 is 5.32 Å². The maximum absolute atomic E-state index is 12.9. The Morgan fingerprint density at radius 1 is 1.04 bits per heavy atom. The van der Waals surface area contributed by atoms with E-state index >= 15 is 0 Å². The van der Waals surface area contributed by atoms with Gasteiger partial charge in [0.15, 0.2) is 0 Å². The Kier molecular flexibility index (Phi) is 4.93. The molecule has 25 heavy (non-hydrogen) atoms. The number of hydrogen-bond acceptors (Lipinski definition) is 4. The molecule has 0 unspecified atom stereocenters. The summed E-state index contributed by atoms with van der Waals surface area (Å²) in [4.78, 5) is 17.0. The number of aromatic nitrogens is 2. The van der Waals surface area contributed by atoms with Crippen molar-refractivity contribution in [3.63, 3.8) is 0 Å². The zero-order chi connectivity index (χ0) is 17.8. The molecule has 2 heterocycles. The van der Waals surface area contributed by atoms with Gasteiger partial charge in [-0.05, 0) is 44.0 Å². The van der Waals surface area contributed by atoms with E-state index in [0.717, 1.165) is 22.4 Å². The molecule has 0 bridgehead atoms. The Morgan fingerprint density at radius 2 is 1.68 bits per heavy atom. The fourth-order valence-electron chi connectivity index (χ4n) is 3.07. The van der Waals surface area contributed by atoms with E-state index in [1.807, 2.05) is 63.2 Å². The first-order valence-electron chi connectivity index (χ1n) is 8.26. The number of hydrogen-bond donors (Lipinski definition) is 1. The molecule has 128 valence electrons. The van der Waals surface area contributed by atoms with Gasteiger partial charge in [0.1, 0.15) is 5.76 Å². The molecule has 5 heteroatoms. The highest BCUT2D eigenvalue weighted by Crippen LogP contribution is 2.26. The number of rotatable bonds is 5. The monoisotopic (exact) mass is 335 g/mol. The van der Waals surface area contributed by atoms with Crippen molar-refractivity contribution in [3.8, 4) is 0 Å². The van der Waals surface area contributed by atoms with Gasteiger partial charge in [-0.2, -0.15) is 0 Å². The van der Waals surface area contributed by atoms with Gasteiger partial charge in [-0.1, -0.05) is 35.5 Å². The molecule has 0 saturated carbocycles. The fourth-order valence-corrected chi connectivity index (χ4v) is 3.07. The van der Waals surface area contributed by atoms with E-state index in [1.54, 1.807) is 12.4 Å². The first kappa shape index (κ1) is 16.9. The number of nitrogens with one attached hydrogen (secondary N) is 1. The molecule has 0 aliphatic heterocycles.